The number of ether oxygens (including phenoxy) is 1. The van der Waals surface area contributed by atoms with Gasteiger partial charge in [-0.1, -0.05) is 13.3 Å². The molecule has 1 amide bonds. The zero-order valence-corrected chi connectivity index (χ0v) is 12.3. The van der Waals surface area contributed by atoms with E-state index in [-0.39, 0.29) is 16.9 Å². The number of nitrogens with one attached hydrogen (secondary N) is 2. The van der Waals surface area contributed by atoms with Crippen molar-refractivity contribution in [2.75, 3.05) is 26.7 Å². The number of hydrogen-bond acceptors (Lipinski definition) is 3. The van der Waals surface area contributed by atoms with E-state index in [1.165, 1.54) is 0 Å². The molecule has 1 fully saturated rings. The molecule has 0 radical (unpaired) electrons. The Morgan fingerprint density at radius 1 is 1.39 bits per heavy atom. The fourth-order valence-electron chi connectivity index (χ4n) is 2.53. The first-order chi connectivity index (χ1) is 8.46. The van der Waals surface area contributed by atoms with Gasteiger partial charge in [0.2, 0.25) is 5.91 Å². The van der Waals surface area contributed by atoms with E-state index in [1.54, 1.807) is 7.11 Å². The van der Waals surface area contributed by atoms with E-state index in [9.17, 15) is 4.79 Å². The Morgan fingerprint density at radius 3 is 2.50 bits per heavy atom. The Hall–Kier alpha value is -0.610. The second kappa shape index (κ2) is 6.53. The molecular formula is C14H28N2O2. The lowest BCUT2D eigenvalue weighted by molar-refractivity contribution is -0.134. The van der Waals surface area contributed by atoms with E-state index in [2.05, 4.69) is 17.6 Å². The molecular weight excluding hydrogens is 228 g/mol. The fraction of sp³-hybridized carbons (Fsp3) is 0.929. The summed E-state index contributed by atoms with van der Waals surface area (Å²) in [6.07, 6.45) is 3.93. The molecule has 0 aromatic heterocycles. The van der Waals surface area contributed by atoms with Crippen LogP contribution in [0.15, 0.2) is 0 Å². The minimum Gasteiger partial charge on any atom is -0.377 e. The summed E-state index contributed by atoms with van der Waals surface area (Å²) < 4.78 is 5.34. The van der Waals surface area contributed by atoms with Crippen molar-refractivity contribution >= 4 is 5.91 Å². The maximum absolute atomic E-state index is 12.5. The van der Waals surface area contributed by atoms with Crippen molar-refractivity contribution in [1.82, 2.24) is 10.6 Å². The van der Waals surface area contributed by atoms with Gasteiger partial charge >= 0.3 is 0 Å². The van der Waals surface area contributed by atoms with Crippen LogP contribution < -0.4 is 10.6 Å². The van der Waals surface area contributed by atoms with Crippen molar-refractivity contribution in [3.8, 4) is 0 Å². The molecule has 106 valence electrons. The van der Waals surface area contributed by atoms with Gasteiger partial charge in [0.05, 0.1) is 11.0 Å². The summed E-state index contributed by atoms with van der Waals surface area (Å²) in [4.78, 5) is 12.5. The van der Waals surface area contributed by atoms with Crippen LogP contribution in [-0.4, -0.2) is 38.3 Å². The summed E-state index contributed by atoms with van der Waals surface area (Å²) in [5.74, 6) is 0.205. The molecule has 0 aromatic carbocycles. The third-order valence-corrected chi connectivity index (χ3v) is 4.00. The maximum Gasteiger partial charge on any atom is 0.226 e. The summed E-state index contributed by atoms with van der Waals surface area (Å²) in [6, 6.07) is 0. The molecule has 1 heterocycles. The molecule has 0 atom stereocenters. The lowest BCUT2D eigenvalue weighted by Gasteiger charge is -2.37. The first-order valence-corrected chi connectivity index (χ1v) is 7.00. The number of methoxy groups -OCH3 is 1. The standard InChI is InChI=1S/C14H28N2O2/c1-5-6-14(7-9-15-10-8-14)12(17)16-11-13(2,3)18-4/h15H,5-11H2,1-4H3,(H,16,17). The summed E-state index contributed by atoms with van der Waals surface area (Å²) >= 11 is 0. The first kappa shape index (κ1) is 15.4. The highest BCUT2D eigenvalue weighted by Gasteiger charge is 2.38. The second-order valence-electron chi connectivity index (χ2n) is 5.93. The van der Waals surface area contributed by atoms with Crippen molar-refractivity contribution < 1.29 is 9.53 Å². The summed E-state index contributed by atoms with van der Waals surface area (Å²) in [5.41, 5.74) is -0.459. The molecule has 0 saturated carbocycles. The number of piperidine rings is 1. The smallest absolute Gasteiger partial charge is 0.226 e. The van der Waals surface area contributed by atoms with Gasteiger partial charge < -0.3 is 15.4 Å². The zero-order chi connectivity index (χ0) is 13.6. The Labute approximate surface area is 111 Å². The lowest BCUT2D eigenvalue weighted by atomic mass is 9.74. The van der Waals surface area contributed by atoms with E-state index in [1.807, 2.05) is 13.8 Å². The van der Waals surface area contributed by atoms with Gasteiger partial charge in [-0.15, -0.1) is 0 Å². The van der Waals surface area contributed by atoms with Crippen LogP contribution in [0.2, 0.25) is 0 Å². The molecule has 1 aliphatic heterocycles. The van der Waals surface area contributed by atoms with Crippen LogP contribution in [-0.2, 0) is 9.53 Å². The van der Waals surface area contributed by atoms with Crippen LogP contribution in [0.3, 0.4) is 0 Å². The fourth-order valence-corrected chi connectivity index (χ4v) is 2.53. The van der Waals surface area contributed by atoms with E-state index in [0.29, 0.717) is 6.54 Å². The molecule has 0 bridgehead atoms. The number of amides is 1. The highest BCUT2D eigenvalue weighted by atomic mass is 16.5. The highest BCUT2D eigenvalue weighted by molar-refractivity contribution is 5.82. The van der Waals surface area contributed by atoms with Crippen LogP contribution in [0.4, 0.5) is 0 Å². The Bertz CT molecular complexity index is 265. The Morgan fingerprint density at radius 2 is 2.00 bits per heavy atom. The zero-order valence-electron chi connectivity index (χ0n) is 12.3. The Balaban J connectivity index is 2.60. The molecule has 1 rings (SSSR count). The number of hydrogen-bond donors (Lipinski definition) is 2. The number of carbonyl (C=O) groups excluding carboxylic acids is 1. The first-order valence-electron chi connectivity index (χ1n) is 7.00. The van der Waals surface area contributed by atoms with E-state index in [4.69, 9.17) is 4.74 Å². The topological polar surface area (TPSA) is 50.4 Å². The van der Waals surface area contributed by atoms with Crippen molar-refractivity contribution in [1.29, 1.82) is 0 Å². The quantitative estimate of drug-likeness (QED) is 0.760. The van der Waals surface area contributed by atoms with Gasteiger partial charge in [0, 0.05) is 13.7 Å². The average Bonchev–Trinajstić information content (AvgIpc) is 2.37. The monoisotopic (exact) mass is 256 g/mol. The van der Waals surface area contributed by atoms with Gasteiger partial charge in [0.25, 0.3) is 0 Å². The van der Waals surface area contributed by atoms with Crippen molar-refractivity contribution in [3.63, 3.8) is 0 Å². The molecule has 4 nitrogen and oxygen atoms in total. The maximum atomic E-state index is 12.5. The van der Waals surface area contributed by atoms with Gasteiger partial charge in [-0.2, -0.15) is 0 Å². The summed E-state index contributed by atoms with van der Waals surface area (Å²) in [6.45, 7) is 8.59. The van der Waals surface area contributed by atoms with Crippen LogP contribution in [0.5, 0.6) is 0 Å². The second-order valence-corrected chi connectivity index (χ2v) is 5.93. The summed E-state index contributed by atoms with van der Waals surface area (Å²) in [7, 11) is 1.68. The molecule has 2 N–H and O–H groups in total. The molecule has 18 heavy (non-hydrogen) atoms. The SMILES string of the molecule is CCCC1(C(=O)NCC(C)(C)OC)CCNCC1. The molecule has 4 heteroatoms. The van der Waals surface area contributed by atoms with E-state index >= 15 is 0 Å². The predicted octanol–water partition coefficient (Wildman–Crippen LogP) is 1.70. The molecule has 0 spiro atoms. The number of rotatable bonds is 6. The van der Waals surface area contributed by atoms with Gasteiger partial charge in [0.1, 0.15) is 0 Å². The van der Waals surface area contributed by atoms with Crippen LogP contribution in [0, 0.1) is 5.41 Å². The number of carbonyl (C=O) groups is 1. The van der Waals surface area contributed by atoms with Crippen LogP contribution in [0.1, 0.15) is 46.5 Å². The van der Waals surface area contributed by atoms with E-state index in [0.717, 1.165) is 38.8 Å². The van der Waals surface area contributed by atoms with Crippen LogP contribution in [0.25, 0.3) is 0 Å². The van der Waals surface area contributed by atoms with Crippen LogP contribution >= 0.6 is 0 Å². The Kier molecular flexibility index (Phi) is 5.60. The molecule has 1 saturated heterocycles. The minimum absolute atomic E-state index is 0.163. The average molecular weight is 256 g/mol. The highest BCUT2D eigenvalue weighted by Crippen LogP contribution is 2.34. The minimum atomic E-state index is -0.296. The van der Waals surface area contributed by atoms with Gasteiger partial charge in [0.15, 0.2) is 0 Å². The molecule has 0 aliphatic carbocycles. The predicted molar refractivity (Wildman–Crippen MR) is 73.5 cm³/mol. The molecule has 0 unspecified atom stereocenters. The van der Waals surface area contributed by atoms with Crippen molar-refractivity contribution in [3.05, 3.63) is 0 Å². The van der Waals surface area contributed by atoms with Crippen molar-refractivity contribution in [2.45, 2.75) is 52.1 Å². The molecule has 0 aromatic rings. The largest absolute Gasteiger partial charge is 0.377 e. The third kappa shape index (κ3) is 3.95. The normalized spacial score (nSPS) is 19.6. The van der Waals surface area contributed by atoms with Gasteiger partial charge in [-0.05, 0) is 46.2 Å². The van der Waals surface area contributed by atoms with Gasteiger partial charge in [-0.3, -0.25) is 4.79 Å². The third-order valence-electron chi connectivity index (χ3n) is 4.00. The van der Waals surface area contributed by atoms with Gasteiger partial charge in [-0.25, -0.2) is 0 Å². The van der Waals surface area contributed by atoms with E-state index < -0.39 is 0 Å². The lowest BCUT2D eigenvalue weighted by Crippen LogP contribution is -2.50. The molecule has 1 aliphatic rings. The summed E-state index contributed by atoms with van der Waals surface area (Å²) in [5, 5.41) is 6.41. The van der Waals surface area contributed by atoms with Crippen molar-refractivity contribution in [2.24, 2.45) is 5.41 Å².